The summed E-state index contributed by atoms with van der Waals surface area (Å²) in [6.45, 7) is 4.38. The van der Waals surface area contributed by atoms with Gasteiger partial charge in [0.25, 0.3) is 0 Å². The van der Waals surface area contributed by atoms with Gasteiger partial charge in [-0.15, -0.1) is 0 Å². The normalized spacial score (nSPS) is 19.9. The van der Waals surface area contributed by atoms with Crippen LogP contribution in [0.3, 0.4) is 0 Å². The molecular formula is C28H32ClN5O2S. The van der Waals surface area contributed by atoms with Crippen molar-refractivity contribution in [1.29, 1.82) is 0 Å². The summed E-state index contributed by atoms with van der Waals surface area (Å²) in [6.07, 6.45) is 6.81. The van der Waals surface area contributed by atoms with Crippen molar-refractivity contribution >= 4 is 46.2 Å². The molecule has 7 nitrogen and oxygen atoms in total. The van der Waals surface area contributed by atoms with Crippen LogP contribution < -0.4 is 15.5 Å². The molecule has 5 rings (SSSR count). The molecule has 0 radical (unpaired) electrons. The lowest BCUT2D eigenvalue weighted by Crippen LogP contribution is -2.29. The first-order valence-corrected chi connectivity index (χ1v) is 13.4. The first-order valence-electron chi connectivity index (χ1n) is 12.7. The minimum atomic E-state index is -0.261. The highest BCUT2D eigenvalue weighted by atomic mass is 35.5. The fraction of sp³-hybridized carbons (Fsp3) is 0.393. The maximum absolute atomic E-state index is 12.0. The van der Waals surface area contributed by atoms with E-state index in [4.69, 9.17) is 28.6 Å². The summed E-state index contributed by atoms with van der Waals surface area (Å²) in [4.78, 5) is 18.8. The van der Waals surface area contributed by atoms with Crippen molar-refractivity contribution in [2.24, 2.45) is 0 Å². The van der Waals surface area contributed by atoms with Gasteiger partial charge in [-0.2, -0.15) is 0 Å². The molecule has 9 heteroatoms. The minimum Gasteiger partial charge on any atom is -0.375 e. The molecule has 1 amide bonds. The summed E-state index contributed by atoms with van der Waals surface area (Å²) in [5.41, 5.74) is 6.07. The molecule has 2 N–H and O–H groups in total. The van der Waals surface area contributed by atoms with E-state index in [0.29, 0.717) is 21.9 Å². The molecule has 2 fully saturated rings. The SMILES string of the molecule is COCC(=O)Nc1ccc(N2C(=S)N[C@@H](c3ccccn3)[C@@H]2c2cc(C)n(C3CCCC3)c2C)cc1Cl. The van der Waals surface area contributed by atoms with Gasteiger partial charge >= 0.3 is 0 Å². The van der Waals surface area contributed by atoms with Crippen molar-refractivity contribution in [3.8, 4) is 0 Å². The van der Waals surface area contributed by atoms with Crippen LogP contribution in [-0.4, -0.2) is 34.3 Å². The molecule has 37 heavy (non-hydrogen) atoms. The Bertz CT molecular complexity index is 1310. The first-order chi connectivity index (χ1) is 17.9. The monoisotopic (exact) mass is 537 g/mol. The van der Waals surface area contributed by atoms with Gasteiger partial charge < -0.3 is 24.8 Å². The molecule has 194 valence electrons. The van der Waals surface area contributed by atoms with Gasteiger partial charge in [0, 0.05) is 36.4 Å². The summed E-state index contributed by atoms with van der Waals surface area (Å²) in [7, 11) is 1.48. The predicted molar refractivity (Wildman–Crippen MR) is 151 cm³/mol. The van der Waals surface area contributed by atoms with E-state index in [0.717, 1.165) is 11.4 Å². The lowest BCUT2D eigenvalue weighted by Gasteiger charge is -2.29. The number of nitrogens with one attached hydrogen (secondary N) is 2. The summed E-state index contributed by atoms with van der Waals surface area (Å²) in [5, 5.41) is 7.37. The number of benzene rings is 1. The fourth-order valence-electron chi connectivity index (χ4n) is 5.85. The Morgan fingerprint density at radius 3 is 2.68 bits per heavy atom. The summed E-state index contributed by atoms with van der Waals surface area (Å²) >= 11 is 12.5. The van der Waals surface area contributed by atoms with E-state index >= 15 is 0 Å². The molecule has 1 aliphatic carbocycles. The van der Waals surface area contributed by atoms with Crippen LogP contribution in [0.15, 0.2) is 48.7 Å². The number of aromatic nitrogens is 2. The van der Waals surface area contributed by atoms with E-state index in [-0.39, 0.29) is 24.6 Å². The number of pyridine rings is 1. The van der Waals surface area contributed by atoms with Crippen molar-refractivity contribution in [2.45, 2.75) is 57.7 Å². The highest BCUT2D eigenvalue weighted by Gasteiger charge is 2.42. The molecule has 0 spiro atoms. The van der Waals surface area contributed by atoms with E-state index in [1.807, 2.05) is 36.5 Å². The zero-order chi connectivity index (χ0) is 26.1. The molecule has 2 aliphatic rings. The van der Waals surface area contributed by atoms with Gasteiger partial charge in [-0.05, 0) is 80.9 Å². The zero-order valence-electron chi connectivity index (χ0n) is 21.3. The van der Waals surface area contributed by atoms with Crippen LogP contribution in [0.4, 0.5) is 11.4 Å². The van der Waals surface area contributed by atoms with Crippen molar-refractivity contribution in [2.75, 3.05) is 23.9 Å². The number of halogens is 1. The maximum atomic E-state index is 12.0. The van der Waals surface area contributed by atoms with E-state index < -0.39 is 0 Å². The van der Waals surface area contributed by atoms with Crippen molar-refractivity contribution in [3.63, 3.8) is 0 Å². The third kappa shape index (κ3) is 4.98. The van der Waals surface area contributed by atoms with Gasteiger partial charge in [-0.3, -0.25) is 9.78 Å². The highest BCUT2D eigenvalue weighted by molar-refractivity contribution is 7.80. The summed E-state index contributed by atoms with van der Waals surface area (Å²) in [6, 6.07) is 14.1. The second kappa shape index (κ2) is 10.8. The lowest BCUT2D eigenvalue weighted by atomic mass is 9.96. The number of amides is 1. The number of methoxy groups -OCH3 is 1. The summed E-state index contributed by atoms with van der Waals surface area (Å²) in [5.74, 6) is -0.261. The number of carbonyl (C=O) groups excluding carboxylic acids is 1. The summed E-state index contributed by atoms with van der Waals surface area (Å²) < 4.78 is 7.43. The number of aryl methyl sites for hydroxylation is 1. The number of thiocarbonyl (C=S) groups is 1. The van der Waals surface area contributed by atoms with Gasteiger partial charge in [0.15, 0.2) is 5.11 Å². The van der Waals surface area contributed by atoms with Crippen LogP contribution in [-0.2, 0) is 9.53 Å². The number of carbonyl (C=O) groups is 1. The zero-order valence-corrected chi connectivity index (χ0v) is 22.9. The highest BCUT2D eigenvalue weighted by Crippen LogP contribution is 2.45. The quantitative estimate of drug-likeness (QED) is 0.358. The number of nitrogens with zero attached hydrogens (tertiary/aromatic N) is 3. The molecule has 2 aromatic heterocycles. The number of ether oxygens (including phenoxy) is 1. The Hall–Kier alpha value is -2.94. The minimum absolute atomic E-state index is 0.0390. The Balaban J connectivity index is 1.57. The lowest BCUT2D eigenvalue weighted by molar-refractivity contribution is -0.119. The molecule has 3 aromatic rings. The third-order valence-corrected chi connectivity index (χ3v) is 8.04. The van der Waals surface area contributed by atoms with Crippen LogP contribution >= 0.6 is 23.8 Å². The van der Waals surface area contributed by atoms with Crippen LogP contribution in [0.25, 0.3) is 0 Å². The Morgan fingerprint density at radius 1 is 1.22 bits per heavy atom. The topological polar surface area (TPSA) is 71.4 Å². The van der Waals surface area contributed by atoms with E-state index in [9.17, 15) is 4.79 Å². The molecule has 0 bridgehead atoms. The third-order valence-electron chi connectivity index (χ3n) is 7.41. The predicted octanol–water partition coefficient (Wildman–Crippen LogP) is 6.03. The van der Waals surface area contributed by atoms with Gasteiger partial charge in [-0.25, -0.2) is 0 Å². The molecule has 1 aliphatic heterocycles. The molecule has 1 saturated carbocycles. The van der Waals surface area contributed by atoms with Crippen LogP contribution in [0.1, 0.15) is 66.5 Å². The molecular weight excluding hydrogens is 506 g/mol. The van der Waals surface area contributed by atoms with Crippen molar-refractivity contribution < 1.29 is 9.53 Å². The van der Waals surface area contributed by atoms with Gasteiger partial charge in [0.1, 0.15) is 6.61 Å². The van der Waals surface area contributed by atoms with Crippen LogP contribution in [0.5, 0.6) is 0 Å². The van der Waals surface area contributed by atoms with Crippen LogP contribution in [0.2, 0.25) is 5.02 Å². The average molecular weight is 538 g/mol. The number of rotatable bonds is 7. The number of anilines is 2. The number of hydrogen-bond acceptors (Lipinski definition) is 4. The van der Waals surface area contributed by atoms with Crippen molar-refractivity contribution in [3.05, 3.63) is 76.3 Å². The standard InChI is InChI=1S/C28H32ClN5O2S/c1-17-14-21(18(2)33(17)19-8-4-5-9-19)27-26(24-10-6-7-13-30-24)32-28(37)34(27)20-11-12-23(22(29)15-20)31-25(35)16-36-3/h6-7,10-15,19,26-27H,4-5,8-9,16H2,1-3H3,(H,31,35)(H,32,37)/t26-,27-/m0/s1. The molecule has 1 aromatic carbocycles. The van der Waals surface area contributed by atoms with Crippen LogP contribution in [0, 0.1) is 13.8 Å². The molecule has 1 saturated heterocycles. The Kier molecular flexibility index (Phi) is 7.51. The maximum Gasteiger partial charge on any atom is 0.250 e. The Labute approximate surface area is 228 Å². The smallest absolute Gasteiger partial charge is 0.250 e. The largest absolute Gasteiger partial charge is 0.375 e. The Morgan fingerprint density at radius 2 is 2.00 bits per heavy atom. The second-order valence-electron chi connectivity index (χ2n) is 9.78. The van der Waals surface area contributed by atoms with Crippen molar-refractivity contribution in [1.82, 2.24) is 14.9 Å². The van der Waals surface area contributed by atoms with Gasteiger partial charge in [-0.1, -0.05) is 30.5 Å². The van der Waals surface area contributed by atoms with E-state index in [1.54, 1.807) is 6.07 Å². The first kappa shape index (κ1) is 25.7. The van der Waals surface area contributed by atoms with E-state index in [2.05, 4.69) is 45.0 Å². The molecule has 2 atom stereocenters. The number of hydrogen-bond donors (Lipinski definition) is 2. The molecule has 3 heterocycles. The average Bonchev–Trinajstić information content (AvgIpc) is 3.59. The fourth-order valence-corrected chi connectivity index (χ4v) is 6.42. The van der Waals surface area contributed by atoms with E-state index in [1.165, 1.54) is 49.7 Å². The van der Waals surface area contributed by atoms with Gasteiger partial charge in [0.05, 0.1) is 28.5 Å². The second-order valence-corrected chi connectivity index (χ2v) is 10.6. The molecule has 0 unspecified atom stereocenters. The van der Waals surface area contributed by atoms with Gasteiger partial charge in [0.2, 0.25) is 5.91 Å².